The summed E-state index contributed by atoms with van der Waals surface area (Å²) in [5, 5.41) is 1.22. The summed E-state index contributed by atoms with van der Waals surface area (Å²) in [5.74, 6) is 0. The predicted octanol–water partition coefficient (Wildman–Crippen LogP) is 2.47. The van der Waals surface area contributed by atoms with E-state index in [0.29, 0.717) is 11.3 Å². The molecular weight excluding hydrogens is 296 g/mol. The molecule has 1 aromatic carbocycles. The van der Waals surface area contributed by atoms with Gasteiger partial charge in [-0.05, 0) is 29.7 Å². The molecular formula is C16H16N4OS. The lowest BCUT2D eigenvalue weighted by molar-refractivity contribution is 0.239. The van der Waals surface area contributed by atoms with Crippen LogP contribution in [0.5, 0.6) is 0 Å². The summed E-state index contributed by atoms with van der Waals surface area (Å²) in [6, 6.07) is 10.4. The highest BCUT2D eigenvalue weighted by Gasteiger charge is 2.20. The van der Waals surface area contributed by atoms with Crippen LogP contribution < -0.4 is 5.56 Å². The molecule has 2 aromatic heterocycles. The van der Waals surface area contributed by atoms with E-state index in [1.54, 1.807) is 0 Å². The van der Waals surface area contributed by atoms with Gasteiger partial charge in [0.1, 0.15) is 0 Å². The van der Waals surface area contributed by atoms with Gasteiger partial charge in [-0.1, -0.05) is 18.2 Å². The van der Waals surface area contributed by atoms with Crippen LogP contribution in [0, 0.1) is 4.77 Å². The summed E-state index contributed by atoms with van der Waals surface area (Å²) in [6.07, 6.45) is 0.823. The molecule has 0 saturated carbocycles. The molecule has 0 spiro atoms. The molecule has 3 aromatic rings. The zero-order chi connectivity index (χ0) is 15.1. The molecule has 1 aliphatic heterocycles. The molecule has 0 unspecified atom stereocenters. The fourth-order valence-electron chi connectivity index (χ4n) is 3.11. The van der Waals surface area contributed by atoms with Crippen LogP contribution in [0.3, 0.4) is 0 Å². The van der Waals surface area contributed by atoms with E-state index in [0.717, 1.165) is 36.3 Å². The molecule has 5 nitrogen and oxygen atoms in total. The lowest BCUT2D eigenvalue weighted by Gasteiger charge is -2.27. The Morgan fingerprint density at radius 3 is 2.91 bits per heavy atom. The van der Waals surface area contributed by atoms with Gasteiger partial charge in [0.2, 0.25) is 0 Å². The van der Waals surface area contributed by atoms with Crippen LogP contribution in [-0.4, -0.2) is 26.4 Å². The first-order valence-electron chi connectivity index (χ1n) is 7.32. The quantitative estimate of drug-likeness (QED) is 0.637. The number of nitrogens with zero attached hydrogens (tertiary/aromatic N) is 1. The molecule has 4 rings (SSSR count). The molecule has 0 aliphatic carbocycles. The van der Waals surface area contributed by atoms with E-state index < -0.39 is 0 Å². The Bertz CT molecular complexity index is 919. The van der Waals surface area contributed by atoms with Crippen LogP contribution in [0.1, 0.15) is 17.0 Å². The molecule has 3 N–H and O–H groups in total. The number of benzene rings is 1. The fourth-order valence-corrected chi connectivity index (χ4v) is 3.32. The van der Waals surface area contributed by atoms with Crippen LogP contribution in [0.4, 0.5) is 0 Å². The van der Waals surface area contributed by atoms with Gasteiger partial charge in [-0.3, -0.25) is 14.7 Å². The van der Waals surface area contributed by atoms with Gasteiger partial charge in [0, 0.05) is 43.0 Å². The van der Waals surface area contributed by atoms with Crippen LogP contribution in [-0.2, 0) is 19.5 Å². The smallest absolute Gasteiger partial charge is 0.256 e. The summed E-state index contributed by atoms with van der Waals surface area (Å²) >= 11 is 5.03. The number of rotatable bonds is 2. The van der Waals surface area contributed by atoms with E-state index in [4.69, 9.17) is 12.2 Å². The second-order valence-electron chi connectivity index (χ2n) is 5.71. The van der Waals surface area contributed by atoms with E-state index in [1.165, 1.54) is 11.1 Å². The van der Waals surface area contributed by atoms with Crippen molar-refractivity contribution in [1.82, 2.24) is 19.9 Å². The van der Waals surface area contributed by atoms with Gasteiger partial charge >= 0.3 is 0 Å². The average Bonchev–Trinajstić information content (AvgIpc) is 2.90. The summed E-state index contributed by atoms with van der Waals surface area (Å²) in [7, 11) is 0. The van der Waals surface area contributed by atoms with E-state index >= 15 is 0 Å². The SMILES string of the molecule is O=c1[nH]c(=S)[nH]c2c1CN(Cc1cc3ccccc3[nH]1)CC2. The van der Waals surface area contributed by atoms with Gasteiger partial charge in [-0.25, -0.2) is 0 Å². The molecule has 0 radical (unpaired) electrons. The van der Waals surface area contributed by atoms with Crippen LogP contribution in [0.25, 0.3) is 10.9 Å². The van der Waals surface area contributed by atoms with Gasteiger partial charge in [0.15, 0.2) is 4.77 Å². The molecule has 0 bridgehead atoms. The maximum atomic E-state index is 12.0. The van der Waals surface area contributed by atoms with E-state index in [1.807, 2.05) is 12.1 Å². The summed E-state index contributed by atoms with van der Waals surface area (Å²) < 4.78 is 0.410. The minimum atomic E-state index is -0.0694. The van der Waals surface area contributed by atoms with Crippen molar-refractivity contribution in [3.63, 3.8) is 0 Å². The van der Waals surface area contributed by atoms with Crippen molar-refractivity contribution in [2.45, 2.75) is 19.5 Å². The Balaban J connectivity index is 1.60. The maximum Gasteiger partial charge on any atom is 0.256 e. The molecule has 0 atom stereocenters. The minimum absolute atomic E-state index is 0.0694. The number of hydrogen-bond donors (Lipinski definition) is 3. The molecule has 1 aliphatic rings. The van der Waals surface area contributed by atoms with Crippen LogP contribution >= 0.6 is 12.2 Å². The molecule has 22 heavy (non-hydrogen) atoms. The first kappa shape index (κ1) is 13.5. The molecule has 0 saturated heterocycles. The predicted molar refractivity (Wildman–Crippen MR) is 88.4 cm³/mol. The third-order valence-corrected chi connectivity index (χ3v) is 4.37. The summed E-state index contributed by atoms with van der Waals surface area (Å²) in [4.78, 5) is 23.5. The van der Waals surface area contributed by atoms with Crippen molar-refractivity contribution < 1.29 is 0 Å². The second kappa shape index (κ2) is 5.23. The van der Waals surface area contributed by atoms with E-state index in [2.05, 4.69) is 38.1 Å². The van der Waals surface area contributed by atoms with Gasteiger partial charge in [-0.15, -0.1) is 0 Å². The highest BCUT2D eigenvalue weighted by molar-refractivity contribution is 7.71. The van der Waals surface area contributed by atoms with Crippen molar-refractivity contribution in [1.29, 1.82) is 0 Å². The highest BCUT2D eigenvalue weighted by Crippen LogP contribution is 2.19. The molecule has 3 heterocycles. The Morgan fingerprint density at radius 1 is 1.18 bits per heavy atom. The third kappa shape index (κ3) is 2.40. The Labute approximate surface area is 132 Å². The lowest BCUT2D eigenvalue weighted by Crippen LogP contribution is -2.35. The topological polar surface area (TPSA) is 67.7 Å². The Hall–Kier alpha value is -2.18. The minimum Gasteiger partial charge on any atom is -0.357 e. The van der Waals surface area contributed by atoms with Crippen molar-refractivity contribution in [3.8, 4) is 0 Å². The number of aromatic amines is 3. The largest absolute Gasteiger partial charge is 0.357 e. The van der Waals surface area contributed by atoms with Gasteiger partial charge in [0.05, 0.1) is 5.56 Å². The standard InChI is InChI=1S/C16H16N4OS/c21-15-12-9-20(6-5-14(12)18-16(22)19-15)8-11-7-10-3-1-2-4-13(10)17-11/h1-4,7,17H,5-6,8-9H2,(H2,18,19,21,22). The van der Waals surface area contributed by atoms with Crippen LogP contribution in [0.2, 0.25) is 0 Å². The number of hydrogen-bond acceptors (Lipinski definition) is 3. The Kier molecular flexibility index (Phi) is 3.20. The van der Waals surface area contributed by atoms with Gasteiger partial charge in [-0.2, -0.15) is 0 Å². The molecule has 0 fully saturated rings. The van der Waals surface area contributed by atoms with Gasteiger partial charge < -0.3 is 9.97 Å². The molecule has 112 valence electrons. The van der Waals surface area contributed by atoms with E-state index in [9.17, 15) is 4.79 Å². The van der Waals surface area contributed by atoms with Crippen LogP contribution in [0.15, 0.2) is 35.1 Å². The van der Waals surface area contributed by atoms with Crippen molar-refractivity contribution in [2.75, 3.05) is 6.54 Å². The monoisotopic (exact) mass is 312 g/mol. The molecule has 6 heteroatoms. The summed E-state index contributed by atoms with van der Waals surface area (Å²) in [6.45, 7) is 2.37. The maximum absolute atomic E-state index is 12.0. The second-order valence-corrected chi connectivity index (χ2v) is 6.12. The number of para-hydroxylation sites is 1. The van der Waals surface area contributed by atoms with Crippen molar-refractivity contribution in [2.24, 2.45) is 0 Å². The van der Waals surface area contributed by atoms with E-state index in [-0.39, 0.29) is 5.56 Å². The summed E-state index contributed by atoms with van der Waals surface area (Å²) in [5.41, 5.74) is 4.03. The van der Waals surface area contributed by atoms with Gasteiger partial charge in [0.25, 0.3) is 5.56 Å². The highest BCUT2D eigenvalue weighted by atomic mass is 32.1. The number of nitrogens with one attached hydrogen (secondary N) is 3. The first-order valence-corrected chi connectivity index (χ1v) is 7.73. The van der Waals surface area contributed by atoms with Crippen molar-refractivity contribution >= 4 is 23.1 Å². The lowest BCUT2D eigenvalue weighted by atomic mass is 10.1. The third-order valence-electron chi connectivity index (χ3n) is 4.17. The average molecular weight is 312 g/mol. The van der Waals surface area contributed by atoms with Crippen molar-refractivity contribution in [3.05, 3.63) is 62.4 Å². The number of aromatic nitrogens is 3. The number of fused-ring (bicyclic) bond motifs is 2. The first-order chi connectivity index (χ1) is 10.7. The normalized spacial score (nSPS) is 15.1. The number of H-pyrrole nitrogens is 3. The fraction of sp³-hybridized carbons (Fsp3) is 0.250. The Morgan fingerprint density at radius 2 is 2.05 bits per heavy atom. The zero-order valence-electron chi connectivity index (χ0n) is 12.0. The molecule has 0 amide bonds. The zero-order valence-corrected chi connectivity index (χ0v) is 12.8.